The smallest absolute Gasteiger partial charge is 0.264 e. The molecular formula is C9H12N2O3S. The van der Waals surface area contributed by atoms with Crippen LogP contribution in [-0.2, 0) is 16.3 Å². The van der Waals surface area contributed by atoms with Crippen molar-refractivity contribution in [3.63, 3.8) is 0 Å². The summed E-state index contributed by atoms with van der Waals surface area (Å²) in [7, 11) is -2.82. The lowest BCUT2D eigenvalue weighted by atomic mass is 10.0. The predicted octanol–water partition coefficient (Wildman–Crippen LogP) is -0.253. The molecule has 15 heavy (non-hydrogen) atoms. The number of hydrogen-bond acceptors (Lipinski definition) is 4. The zero-order chi connectivity index (χ0) is 10.9. The van der Waals surface area contributed by atoms with Crippen LogP contribution in [0, 0.1) is 5.92 Å². The molecule has 1 aliphatic rings. The van der Waals surface area contributed by atoms with Crippen LogP contribution < -0.4 is 5.56 Å². The van der Waals surface area contributed by atoms with Crippen LogP contribution in [0.5, 0.6) is 0 Å². The fourth-order valence-electron chi connectivity index (χ4n) is 1.82. The number of rotatable bonds is 2. The lowest BCUT2D eigenvalue weighted by Gasteiger charge is -2.05. The molecule has 1 saturated heterocycles. The molecule has 1 aromatic heterocycles. The number of nitrogens with zero attached hydrogens (tertiary/aromatic N) is 1. The van der Waals surface area contributed by atoms with Crippen molar-refractivity contribution >= 4 is 9.84 Å². The Morgan fingerprint density at radius 1 is 1.47 bits per heavy atom. The first-order valence-corrected chi connectivity index (χ1v) is 6.62. The van der Waals surface area contributed by atoms with Gasteiger partial charge < -0.3 is 0 Å². The molecular weight excluding hydrogens is 216 g/mol. The van der Waals surface area contributed by atoms with E-state index in [2.05, 4.69) is 10.2 Å². The zero-order valence-corrected chi connectivity index (χ0v) is 8.96. The highest BCUT2D eigenvalue weighted by molar-refractivity contribution is 7.91. The van der Waals surface area contributed by atoms with Gasteiger partial charge in [0.25, 0.3) is 5.56 Å². The molecule has 1 fully saturated rings. The second-order valence-corrected chi connectivity index (χ2v) is 6.11. The molecule has 0 spiro atoms. The maximum Gasteiger partial charge on any atom is 0.264 e. The van der Waals surface area contributed by atoms with Crippen LogP contribution in [0.3, 0.4) is 0 Å². The highest BCUT2D eigenvalue weighted by atomic mass is 32.2. The first-order valence-electron chi connectivity index (χ1n) is 4.80. The van der Waals surface area contributed by atoms with Gasteiger partial charge in [0.05, 0.1) is 17.2 Å². The van der Waals surface area contributed by atoms with Crippen LogP contribution in [0.2, 0.25) is 0 Å². The van der Waals surface area contributed by atoms with E-state index in [0.29, 0.717) is 12.8 Å². The van der Waals surface area contributed by atoms with Crippen molar-refractivity contribution in [1.82, 2.24) is 10.2 Å². The van der Waals surface area contributed by atoms with E-state index in [0.717, 1.165) is 5.69 Å². The summed E-state index contributed by atoms with van der Waals surface area (Å²) in [5, 5.41) is 6.20. The van der Waals surface area contributed by atoms with Gasteiger partial charge in [-0.3, -0.25) is 4.79 Å². The van der Waals surface area contributed by atoms with Gasteiger partial charge in [0.1, 0.15) is 0 Å². The molecule has 0 radical (unpaired) electrons. The third-order valence-electron chi connectivity index (χ3n) is 2.56. The lowest BCUT2D eigenvalue weighted by molar-refractivity contribution is 0.573. The Bertz CT molecular complexity index is 486. The normalized spacial score (nSPS) is 24.1. The largest absolute Gasteiger partial charge is 0.268 e. The summed E-state index contributed by atoms with van der Waals surface area (Å²) in [6.07, 6.45) is 1.32. The van der Waals surface area contributed by atoms with E-state index in [-0.39, 0.29) is 23.0 Å². The summed E-state index contributed by atoms with van der Waals surface area (Å²) in [5.74, 6) is 0.669. The minimum atomic E-state index is -2.82. The summed E-state index contributed by atoms with van der Waals surface area (Å²) < 4.78 is 22.4. The van der Waals surface area contributed by atoms with Gasteiger partial charge >= 0.3 is 0 Å². The molecule has 0 aliphatic carbocycles. The molecule has 1 atom stereocenters. The minimum Gasteiger partial charge on any atom is -0.268 e. The molecule has 1 aliphatic heterocycles. The average Bonchev–Trinajstić information content (AvgIpc) is 2.50. The molecule has 0 aromatic carbocycles. The maximum atomic E-state index is 11.2. The van der Waals surface area contributed by atoms with E-state index >= 15 is 0 Å². The molecule has 1 unspecified atom stereocenters. The summed E-state index contributed by atoms with van der Waals surface area (Å²) in [4.78, 5) is 10.7. The van der Waals surface area contributed by atoms with Crippen LogP contribution in [0.1, 0.15) is 12.1 Å². The molecule has 6 heteroatoms. The van der Waals surface area contributed by atoms with Crippen molar-refractivity contribution < 1.29 is 8.42 Å². The van der Waals surface area contributed by atoms with Crippen molar-refractivity contribution in [3.8, 4) is 0 Å². The van der Waals surface area contributed by atoms with E-state index in [4.69, 9.17) is 0 Å². The summed E-state index contributed by atoms with van der Waals surface area (Å²) in [6.45, 7) is 0. The van der Waals surface area contributed by atoms with Gasteiger partial charge in [0.2, 0.25) is 0 Å². The first kappa shape index (κ1) is 10.4. The van der Waals surface area contributed by atoms with Crippen LogP contribution in [0.25, 0.3) is 0 Å². The summed E-state index contributed by atoms with van der Waals surface area (Å²) in [5.41, 5.74) is 0.509. The highest BCUT2D eigenvalue weighted by Crippen LogP contribution is 2.21. The highest BCUT2D eigenvalue weighted by Gasteiger charge is 2.28. The molecule has 5 nitrogen and oxygen atoms in total. The number of sulfone groups is 1. The predicted molar refractivity (Wildman–Crippen MR) is 55.3 cm³/mol. The standard InChI is InChI=1S/C9H12N2O3S/c12-9-2-1-8(10-11-9)5-7-3-4-15(13,14)6-7/h1-2,7H,3-6H2,(H,11,12). The van der Waals surface area contributed by atoms with E-state index in [9.17, 15) is 13.2 Å². The van der Waals surface area contributed by atoms with E-state index in [1.54, 1.807) is 6.07 Å². The quantitative estimate of drug-likeness (QED) is 0.756. The van der Waals surface area contributed by atoms with Gasteiger partial charge in [-0.1, -0.05) is 0 Å². The number of hydrogen-bond donors (Lipinski definition) is 1. The van der Waals surface area contributed by atoms with Gasteiger partial charge in [-0.05, 0) is 24.8 Å². The van der Waals surface area contributed by atoms with Crippen molar-refractivity contribution in [2.24, 2.45) is 5.92 Å². The topological polar surface area (TPSA) is 79.9 Å². The van der Waals surface area contributed by atoms with Gasteiger partial charge in [-0.15, -0.1) is 0 Å². The van der Waals surface area contributed by atoms with E-state index in [1.807, 2.05) is 0 Å². The molecule has 1 aromatic rings. The third kappa shape index (κ3) is 2.65. The number of H-pyrrole nitrogens is 1. The van der Waals surface area contributed by atoms with Crippen LogP contribution >= 0.6 is 0 Å². The summed E-state index contributed by atoms with van der Waals surface area (Å²) in [6, 6.07) is 3.05. The molecule has 2 heterocycles. The Labute approximate surface area is 87.4 Å². The molecule has 0 amide bonds. The fraction of sp³-hybridized carbons (Fsp3) is 0.556. The van der Waals surface area contributed by atoms with E-state index < -0.39 is 9.84 Å². The first-order chi connectivity index (χ1) is 7.05. The van der Waals surface area contributed by atoms with Crippen LogP contribution in [0.15, 0.2) is 16.9 Å². The summed E-state index contributed by atoms with van der Waals surface area (Å²) >= 11 is 0. The molecule has 0 bridgehead atoms. The Kier molecular flexibility index (Phi) is 2.60. The lowest BCUT2D eigenvalue weighted by Crippen LogP contribution is -2.12. The van der Waals surface area contributed by atoms with Gasteiger partial charge in [0, 0.05) is 6.07 Å². The Balaban J connectivity index is 2.05. The third-order valence-corrected chi connectivity index (χ3v) is 4.40. The Morgan fingerprint density at radius 2 is 2.27 bits per heavy atom. The molecule has 2 rings (SSSR count). The second kappa shape index (κ2) is 3.77. The zero-order valence-electron chi connectivity index (χ0n) is 8.14. The SMILES string of the molecule is O=c1ccc(CC2CCS(=O)(=O)C2)n[nH]1. The molecule has 0 saturated carbocycles. The van der Waals surface area contributed by atoms with Gasteiger partial charge in [-0.25, -0.2) is 13.5 Å². The van der Waals surface area contributed by atoms with Crippen LogP contribution in [0.4, 0.5) is 0 Å². The van der Waals surface area contributed by atoms with Crippen LogP contribution in [-0.4, -0.2) is 30.1 Å². The molecule has 82 valence electrons. The molecule has 1 N–H and O–H groups in total. The number of aromatic nitrogens is 2. The van der Waals surface area contributed by atoms with Crippen molar-refractivity contribution in [3.05, 3.63) is 28.2 Å². The fourth-order valence-corrected chi connectivity index (χ4v) is 3.68. The monoisotopic (exact) mass is 228 g/mol. The van der Waals surface area contributed by atoms with Gasteiger partial charge in [-0.2, -0.15) is 5.10 Å². The van der Waals surface area contributed by atoms with Gasteiger partial charge in [0.15, 0.2) is 9.84 Å². The maximum absolute atomic E-state index is 11.2. The number of aromatic amines is 1. The van der Waals surface area contributed by atoms with Crippen molar-refractivity contribution in [2.45, 2.75) is 12.8 Å². The second-order valence-electron chi connectivity index (χ2n) is 3.89. The van der Waals surface area contributed by atoms with E-state index in [1.165, 1.54) is 6.07 Å². The Hall–Kier alpha value is -1.17. The Morgan fingerprint density at radius 3 is 2.80 bits per heavy atom. The average molecular weight is 228 g/mol. The van der Waals surface area contributed by atoms with Crippen molar-refractivity contribution in [2.75, 3.05) is 11.5 Å². The van der Waals surface area contributed by atoms with Crippen molar-refractivity contribution in [1.29, 1.82) is 0 Å². The minimum absolute atomic E-state index is 0.147. The number of nitrogens with one attached hydrogen (secondary N) is 1.